The Hall–Kier alpha value is -2.94. The van der Waals surface area contributed by atoms with E-state index in [4.69, 9.17) is 14.2 Å². The van der Waals surface area contributed by atoms with E-state index < -0.39 is 16.1 Å². The average Bonchev–Trinajstić information content (AvgIpc) is 2.87. The summed E-state index contributed by atoms with van der Waals surface area (Å²) >= 11 is 0. The third kappa shape index (κ3) is 3.70. The minimum Gasteiger partial charge on any atom is -0.486 e. The molecule has 148 valence electrons. The van der Waals surface area contributed by atoms with E-state index in [-0.39, 0.29) is 18.9 Å². The summed E-state index contributed by atoms with van der Waals surface area (Å²) in [6.45, 7) is 1.09. The number of nitrogens with one attached hydrogen (secondary N) is 1. The minimum absolute atomic E-state index is 0.148. The van der Waals surface area contributed by atoms with Gasteiger partial charge in [-0.3, -0.25) is 9.10 Å². The minimum atomic E-state index is -3.49. The second-order valence-corrected chi connectivity index (χ2v) is 8.45. The fourth-order valence-electron chi connectivity index (χ4n) is 3.20. The molecule has 8 nitrogen and oxygen atoms in total. The molecule has 2 aromatic carbocycles. The molecule has 0 fully saturated rings. The lowest BCUT2D eigenvalue weighted by molar-refractivity contribution is -0.122. The van der Waals surface area contributed by atoms with E-state index in [2.05, 4.69) is 5.32 Å². The number of fused-ring (bicyclic) bond motifs is 2. The van der Waals surface area contributed by atoms with E-state index >= 15 is 0 Å². The summed E-state index contributed by atoms with van der Waals surface area (Å²) < 4.78 is 42.4. The highest BCUT2D eigenvalue weighted by Crippen LogP contribution is 2.35. The third-order valence-corrected chi connectivity index (χ3v) is 5.68. The molecule has 2 heterocycles. The van der Waals surface area contributed by atoms with Crippen molar-refractivity contribution in [2.45, 2.75) is 12.5 Å². The molecule has 4 rings (SSSR count). The van der Waals surface area contributed by atoms with E-state index in [9.17, 15) is 13.2 Å². The van der Waals surface area contributed by atoms with E-state index in [0.717, 1.165) is 6.26 Å². The molecule has 9 heteroatoms. The van der Waals surface area contributed by atoms with E-state index in [1.54, 1.807) is 42.5 Å². The van der Waals surface area contributed by atoms with Crippen molar-refractivity contribution in [3.63, 3.8) is 0 Å². The van der Waals surface area contributed by atoms with Gasteiger partial charge in [-0.2, -0.15) is 0 Å². The van der Waals surface area contributed by atoms with Crippen LogP contribution in [-0.2, 0) is 14.8 Å². The van der Waals surface area contributed by atoms with Gasteiger partial charge in [0.15, 0.2) is 17.6 Å². The van der Waals surface area contributed by atoms with Crippen LogP contribution in [-0.4, -0.2) is 46.4 Å². The molecule has 0 aliphatic carbocycles. The first-order valence-electron chi connectivity index (χ1n) is 8.86. The van der Waals surface area contributed by atoms with Gasteiger partial charge in [-0.25, -0.2) is 8.42 Å². The summed E-state index contributed by atoms with van der Waals surface area (Å²) in [4.78, 5) is 12.8. The van der Waals surface area contributed by atoms with Crippen LogP contribution in [0.1, 0.15) is 6.42 Å². The Morgan fingerprint density at radius 2 is 1.82 bits per heavy atom. The van der Waals surface area contributed by atoms with Crippen LogP contribution in [0, 0.1) is 0 Å². The lowest BCUT2D eigenvalue weighted by Gasteiger charge is -2.20. The van der Waals surface area contributed by atoms with Crippen LogP contribution in [0.4, 0.5) is 11.4 Å². The number of anilines is 2. The van der Waals surface area contributed by atoms with Crippen LogP contribution in [0.5, 0.6) is 17.2 Å². The topological polar surface area (TPSA) is 94.2 Å². The van der Waals surface area contributed by atoms with Gasteiger partial charge in [0.2, 0.25) is 10.0 Å². The summed E-state index contributed by atoms with van der Waals surface area (Å²) in [6.07, 6.45) is 0.526. The van der Waals surface area contributed by atoms with Crippen molar-refractivity contribution in [2.24, 2.45) is 0 Å². The zero-order valence-corrected chi connectivity index (χ0v) is 16.1. The summed E-state index contributed by atoms with van der Waals surface area (Å²) in [5.74, 6) is 1.20. The number of para-hydroxylation sites is 2. The highest BCUT2D eigenvalue weighted by Gasteiger charge is 2.31. The van der Waals surface area contributed by atoms with Crippen LogP contribution in [0.15, 0.2) is 42.5 Å². The molecule has 0 bridgehead atoms. The third-order valence-electron chi connectivity index (χ3n) is 4.50. The van der Waals surface area contributed by atoms with Crippen molar-refractivity contribution in [3.8, 4) is 17.2 Å². The van der Waals surface area contributed by atoms with Crippen molar-refractivity contribution in [2.75, 3.05) is 35.6 Å². The van der Waals surface area contributed by atoms with Crippen LogP contribution in [0.3, 0.4) is 0 Å². The number of carbonyl (C=O) groups excluding carboxylic acids is 1. The normalized spacial score (nSPS) is 18.5. The van der Waals surface area contributed by atoms with Crippen LogP contribution in [0.2, 0.25) is 0 Å². The van der Waals surface area contributed by atoms with Crippen LogP contribution in [0.25, 0.3) is 0 Å². The fraction of sp³-hybridized carbons (Fsp3) is 0.316. The molecule has 0 radical (unpaired) electrons. The predicted molar refractivity (Wildman–Crippen MR) is 104 cm³/mol. The van der Waals surface area contributed by atoms with Gasteiger partial charge >= 0.3 is 0 Å². The second-order valence-electron chi connectivity index (χ2n) is 6.55. The van der Waals surface area contributed by atoms with E-state index in [0.29, 0.717) is 41.8 Å². The van der Waals surface area contributed by atoms with Crippen molar-refractivity contribution in [3.05, 3.63) is 42.5 Å². The molecular formula is C19H20N2O6S. The molecule has 0 spiro atoms. The molecule has 2 aliphatic rings. The van der Waals surface area contributed by atoms with Gasteiger partial charge < -0.3 is 19.5 Å². The highest BCUT2D eigenvalue weighted by molar-refractivity contribution is 7.92. The molecule has 0 saturated heterocycles. The Bertz CT molecular complexity index is 1010. The Labute approximate surface area is 163 Å². The second kappa shape index (κ2) is 7.23. The lowest BCUT2D eigenvalue weighted by Crippen LogP contribution is -2.36. The largest absolute Gasteiger partial charge is 0.486 e. The summed E-state index contributed by atoms with van der Waals surface area (Å²) in [6, 6.07) is 11.9. The fourth-order valence-corrected chi connectivity index (χ4v) is 4.15. The molecule has 0 unspecified atom stereocenters. The Kier molecular flexibility index (Phi) is 4.76. The molecule has 1 amide bonds. The maximum atomic E-state index is 12.8. The number of nitrogens with zero attached hydrogens (tertiary/aromatic N) is 1. The smallest absolute Gasteiger partial charge is 0.265 e. The quantitative estimate of drug-likeness (QED) is 0.841. The number of sulfonamides is 1. The van der Waals surface area contributed by atoms with Crippen molar-refractivity contribution in [1.29, 1.82) is 0 Å². The van der Waals surface area contributed by atoms with Gasteiger partial charge in [0.25, 0.3) is 5.91 Å². The van der Waals surface area contributed by atoms with Crippen LogP contribution >= 0.6 is 0 Å². The Morgan fingerprint density at radius 1 is 1.07 bits per heavy atom. The number of amides is 1. The van der Waals surface area contributed by atoms with Gasteiger partial charge in [0, 0.05) is 24.7 Å². The number of ether oxygens (including phenoxy) is 3. The molecule has 1 N–H and O–H groups in total. The standard InChI is InChI=1S/C19H20N2O6S/c1-28(23,24)21-9-8-17(27-15-5-3-2-4-14(15)21)19(22)20-13-6-7-16-18(12-13)26-11-10-25-16/h2-7,12,17H,8-11H2,1H3,(H,20,22)/t17-/m0/s1. The first-order chi connectivity index (χ1) is 13.4. The molecule has 2 aliphatic heterocycles. The zero-order valence-electron chi connectivity index (χ0n) is 15.3. The van der Waals surface area contributed by atoms with Crippen LogP contribution < -0.4 is 23.8 Å². The predicted octanol–water partition coefficient (Wildman–Crippen LogP) is 2.01. The first kappa shape index (κ1) is 18.4. The molecule has 0 saturated carbocycles. The Balaban J connectivity index is 1.54. The maximum Gasteiger partial charge on any atom is 0.265 e. The molecular weight excluding hydrogens is 384 g/mol. The van der Waals surface area contributed by atoms with Crippen molar-refractivity contribution in [1.82, 2.24) is 0 Å². The average molecular weight is 404 g/mol. The summed E-state index contributed by atoms with van der Waals surface area (Å²) in [5, 5.41) is 2.81. The highest BCUT2D eigenvalue weighted by atomic mass is 32.2. The van der Waals surface area contributed by atoms with Crippen molar-refractivity contribution < 1.29 is 27.4 Å². The molecule has 1 atom stereocenters. The van der Waals surface area contributed by atoms with Gasteiger partial charge in [0.05, 0.1) is 11.9 Å². The van der Waals surface area contributed by atoms with Gasteiger partial charge in [-0.05, 0) is 24.3 Å². The van der Waals surface area contributed by atoms with Gasteiger partial charge in [-0.1, -0.05) is 12.1 Å². The summed E-state index contributed by atoms with van der Waals surface area (Å²) in [7, 11) is -3.49. The zero-order chi connectivity index (χ0) is 19.7. The van der Waals surface area contributed by atoms with Gasteiger partial charge in [0.1, 0.15) is 19.0 Å². The lowest BCUT2D eigenvalue weighted by atomic mass is 10.2. The van der Waals surface area contributed by atoms with E-state index in [1.165, 1.54) is 4.31 Å². The number of benzene rings is 2. The molecule has 2 aromatic rings. The van der Waals surface area contributed by atoms with Gasteiger partial charge in [-0.15, -0.1) is 0 Å². The summed E-state index contributed by atoms with van der Waals surface area (Å²) in [5.41, 5.74) is 0.981. The molecule has 28 heavy (non-hydrogen) atoms. The van der Waals surface area contributed by atoms with Crippen molar-refractivity contribution >= 4 is 27.3 Å². The number of carbonyl (C=O) groups is 1. The number of hydrogen-bond acceptors (Lipinski definition) is 6. The number of hydrogen-bond donors (Lipinski definition) is 1. The number of rotatable bonds is 3. The maximum absolute atomic E-state index is 12.8. The molecule has 0 aromatic heterocycles. The Morgan fingerprint density at radius 3 is 2.61 bits per heavy atom. The van der Waals surface area contributed by atoms with E-state index in [1.807, 2.05) is 0 Å². The first-order valence-corrected chi connectivity index (χ1v) is 10.7. The SMILES string of the molecule is CS(=O)(=O)N1CC[C@@H](C(=O)Nc2ccc3c(c2)OCCO3)Oc2ccccc21. The monoisotopic (exact) mass is 404 g/mol.